The lowest BCUT2D eigenvalue weighted by Gasteiger charge is -2.20. The summed E-state index contributed by atoms with van der Waals surface area (Å²) >= 11 is 1.72. The Bertz CT molecular complexity index is 425. The number of benzene rings is 1. The van der Waals surface area contributed by atoms with E-state index >= 15 is 0 Å². The number of hydrogen-bond donors (Lipinski definition) is 1. The van der Waals surface area contributed by atoms with Crippen LogP contribution in [-0.2, 0) is 0 Å². The molecule has 2 nitrogen and oxygen atoms in total. The molecule has 0 saturated carbocycles. The van der Waals surface area contributed by atoms with E-state index in [1.54, 1.807) is 11.3 Å². The summed E-state index contributed by atoms with van der Waals surface area (Å²) in [5, 5.41) is 6.84. The molecule has 1 aromatic heterocycles. The van der Waals surface area contributed by atoms with Crippen LogP contribution < -0.4 is 5.32 Å². The summed E-state index contributed by atoms with van der Waals surface area (Å²) < 4.78 is 0. The lowest BCUT2D eigenvalue weighted by Crippen LogP contribution is -2.24. The Morgan fingerprint density at radius 1 is 1.29 bits per heavy atom. The van der Waals surface area contributed by atoms with E-state index in [1.165, 1.54) is 10.6 Å². The fourth-order valence-electron chi connectivity index (χ4n) is 1.91. The number of nitrogens with one attached hydrogen (secondary N) is 1. The van der Waals surface area contributed by atoms with Crippen molar-refractivity contribution in [3.8, 4) is 0 Å². The van der Waals surface area contributed by atoms with Crippen molar-refractivity contribution in [3.05, 3.63) is 52.5 Å². The molecule has 0 bridgehead atoms. The van der Waals surface area contributed by atoms with Gasteiger partial charge in [0, 0.05) is 17.6 Å². The van der Waals surface area contributed by atoms with Crippen molar-refractivity contribution >= 4 is 11.3 Å². The van der Waals surface area contributed by atoms with E-state index in [2.05, 4.69) is 48.4 Å². The monoisotopic (exact) mass is 246 g/mol. The lowest BCUT2D eigenvalue weighted by molar-refractivity contribution is 0.455. The Morgan fingerprint density at radius 2 is 2.06 bits per heavy atom. The summed E-state index contributed by atoms with van der Waals surface area (Å²) in [5.74, 6) is 0. The molecule has 0 aliphatic rings. The van der Waals surface area contributed by atoms with Crippen molar-refractivity contribution in [2.45, 2.75) is 32.4 Å². The normalized spacial score (nSPS) is 14.5. The Kier molecular flexibility index (Phi) is 4.29. The van der Waals surface area contributed by atoms with Gasteiger partial charge in [-0.15, -0.1) is 11.3 Å². The Balaban J connectivity index is 2.05. The van der Waals surface area contributed by atoms with Crippen LogP contribution >= 0.6 is 11.3 Å². The molecule has 2 rings (SSSR count). The molecule has 90 valence electrons. The topological polar surface area (TPSA) is 24.9 Å². The van der Waals surface area contributed by atoms with Gasteiger partial charge in [-0.25, -0.2) is 4.98 Å². The van der Waals surface area contributed by atoms with Gasteiger partial charge in [-0.05, 0) is 18.9 Å². The van der Waals surface area contributed by atoms with E-state index in [1.807, 2.05) is 17.6 Å². The highest BCUT2D eigenvalue weighted by Crippen LogP contribution is 2.23. The molecule has 3 heteroatoms. The molecule has 17 heavy (non-hydrogen) atoms. The molecule has 1 aromatic carbocycles. The van der Waals surface area contributed by atoms with Gasteiger partial charge in [-0.3, -0.25) is 0 Å². The lowest BCUT2D eigenvalue weighted by atomic mass is 10.1. The van der Waals surface area contributed by atoms with Crippen LogP contribution in [0.25, 0.3) is 0 Å². The molecule has 0 saturated heterocycles. The average molecular weight is 246 g/mol. The van der Waals surface area contributed by atoms with Gasteiger partial charge in [-0.1, -0.05) is 37.3 Å². The maximum absolute atomic E-state index is 4.39. The third-order valence-corrected chi connectivity index (χ3v) is 3.80. The van der Waals surface area contributed by atoms with E-state index < -0.39 is 0 Å². The van der Waals surface area contributed by atoms with Gasteiger partial charge < -0.3 is 5.32 Å². The smallest absolute Gasteiger partial charge is 0.109 e. The Hall–Kier alpha value is -1.19. The second-order valence-electron chi connectivity index (χ2n) is 4.13. The fourth-order valence-corrected chi connectivity index (χ4v) is 2.69. The fraction of sp³-hybridized carbons (Fsp3) is 0.357. The maximum atomic E-state index is 4.39. The molecule has 0 radical (unpaired) electrons. The molecule has 1 N–H and O–H groups in total. The molecule has 0 aliphatic carbocycles. The summed E-state index contributed by atoms with van der Waals surface area (Å²) in [7, 11) is 0. The SMILES string of the molecule is CCC(NC(C)c1ccccc1)c1nccs1. The molecule has 1 heterocycles. The summed E-state index contributed by atoms with van der Waals surface area (Å²) in [6, 6.07) is 11.2. The predicted octanol–water partition coefficient (Wildman–Crippen LogP) is 3.95. The Labute approximate surface area is 107 Å². The van der Waals surface area contributed by atoms with Crippen molar-refractivity contribution < 1.29 is 0 Å². The van der Waals surface area contributed by atoms with Crippen LogP contribution in [0.1, 0.15) is 42.9 Å². The van der Waals surface area contributed by atoms with Crippen molar-refractivity contribution in [3.63, 3.8) is 0 Å². The van der Waals surface area contributed by atoms with Gasteiger partial charge in [0.1, 0.15) is 5.01 Å². The molecular formula is C14H18N2S. The van der Waals surface area contributed by atoms with Crippen LogP contribution in [-0.4, -0.2) is 4.98 Å². The summed E-state index contributed by atoms with van der Waals surface area (Å²) in [5.41, 5.74) is 1.32. The predicted molar refractivity (Wildman–Crippen MR) is 73.1 cm³/mol. The quantitative estimate of drug-likeness (QED) is 0.864. The number of nitrogens with zero attached hydrogens (tertiary/aromatic N) is 1. The minimum Gasteiger partial charge on any atom is -0.301 e. The largest absolute Gasteiger partial charge is 0.301 e. The van der Waals surface area contributed by atoms with Crippen molar-refractivity contribution in [1.29, 1.82) is 0 Å². The standard InChI is InChI=1S/C14H18N2S/c1-3-13(14-15-9-10-17-14)16-11(2)12-7-5-4-6-8-12/h4-11,13,16H,3H2,1-2H3. The minimum absolute atomic E-state index is 0.352. The first-order chi connectivity index (χ1) is 8.31. The minimum atomic E-state index is 0.352. The number of thiazole rings is 1. The van der Waals surface area contributed by atoms with Gasteiger partial charge in [0.15, 0.2) is 0 Å². The molecule has 0 amide bonds. The molecule has 0 fully saturated rings. The third kappa shape index (κ3) is 3.14. The van der Waals surface area contributed by atoms with Crippen LogP contribution in [0, 0.1) is 0 Å². The van der Waals surface area contributed by atoms with Crippen LogP contribution in [0.5, 0.6) is 0 Å². The van der Waals surface area contributed by atoms with E-state index in [4.69, 9.17) is 0 Å². The van der Waals surface area contributed by atoms with E-state index in [-0.39, 0.29) is 0 Å². The number of rotatable bonds is 5. The van der Waals surface area contributed by atoms with Crippen LogP contribution in [0.4, 0.5) is 0 Å². The third-order valence-electron chi connectivity index (χ3n) is 2.91. The second kappa shape index (κ2) is 5.94. The first kappa shape index (κ1) is 12.3. The van der Waals surface area contributed by atoms with Crippen molar-refractivity contribution in [2.75, 3.05) is 0 Å². The summed E-state index contributed by atoms with van der Waals surface area (Å²) in [6.45, 7) is 4.39. The highest BCUT2D eigenvalue weighted by atomic mass is 32.1. The van der Waals surface area contributed by atoms with Crippen molar-refractivity contribution in [2.24, 2.45) is 0 Å². The zero-order valence-corrected chi connectivity index (χ0v) is 11.1. The van der Waals surface area contributed by atoms with Gasteiger partial charge in [-0.2, -0.15) is 0 Å². The number of hydrogen-bond acceptors (Lipinski definition) is 3. The molecule has 2 unspecified atom stereocenters. The van der Waals surface area contributed by atoms with Gasteiger partial charge >= 0.3 is 0 Å². The van der Waals surface area contributed by atoms with Crippen LogP contribution in [0.3, 0.4) is 0 Å². The van der Waals surface area contributed by atoms with Crippen LogP contribution in [0.2, 0.25) is 0 Å². The van der Waals surface area contributed by atoms with E-state index in [9.17, 15) is 0 Å². The van der Waals surface area contributed by atoms with Gasteiger partial charge in [0.05, 0.1) is 6.04 Å². The zero-order valence-electron chi connectivity index (χ0n) is 10.3. The second-order valence-corrected chi connectivity index (χ2v) is 5.06. The molecule has 0 spiro atoms. The number of aromatic nitrogens is 1. The summed E-state index contributed by atoms with van der Waals surface area (Å²) in [4.78, 5) is 4.39. The van der Waals surface area contributed by atoms with Gasteiger partial charge in [0.25, 0.3) is 0 Å². The molecule has 2 aromatic rings. The van der Waals surface area contributed by atoms with E-state index in [0.29, 0.717) is 12.1 Å². The first-order valence-electron chi connectivity index (χ1n) is 6.01. The Morgan fingerprint density at radius 3 is 2.65 bits per heavy atom. The molecule has 0 aliphatic heterocycles. The molecule has 2 atom stereocenters. The maximum Gasteiger partial charge on any atom is 0.109 e. The highest BCUT2D eigenvalue weighted by Gasteiger charge is 2.15. The van der Waals surface area contributed by atoms with E-state index in [0.717, 1.165) is 6.42 Å². The highest BCUT2D eigenvalue weighted by molar-refractivity contribution is 7.09. The van der Waals surface area contributed by atoms with Crippen LogP contribution in [0.15, 0.2) is 41.9 Å². The molecular weight excluding hydrogens is 228 g/mol. The summed E-state index contributed by atoms with van der Waals surface area (Å²) in [6.07, 6.45) is 2.93. The zero-order chi connectivity index (χ0) is 12.1. The van der Waals surface area contributed by atoms with Gasteiger partial charge in [0.2, 0.25) is 0 Å². The average Bonchev–Trinajstić information content (AvgIpc) is 2.90. The first-order valence-corrected chi connectivity index (χ1v) is 6.89. The van der Waals surface area contributed by atoms with Crippen molar-refractivity contribution in [1.82, 2.24) is 10.3 Å².